The van der Waals surface area contributed by atoms with E-state index in [0.29, 0.717) is 0 Å². The van der Waals surface area contributed by atoms with Crippen molar-refractivity contribution in [2.45, 2.75) is 46.6 Å². The zero-order valence-corrected chi connectivity index (χ0v) is 10.8. The van der Waals surface area contributed by atoms with E-state index >= 15 is 0 Å². The Bertz CT molecular complexity index is 324. The molecule has 0 heterocycles. The Balaban J connectivity index is 2.91. The number of hydrogen-bond acceptors (Lipinski definition) is 2. The highest BCUT2D eigenvalue weighted by Crippen LogP contribution is 2.25. The van der Waals surface area contributed by atoms with Gasteiger partial charge in [-0.05, 0) is 50.3 Å². The Hall–Kier alpha value is -1.02. The van der Waals surface area contributed by atoms with E-state index in [0.717, 1.165) is 25.2 Å². The van der Waals surface area contributed by atoms with Gasteiger partial charge in [-0.15, -0.1) is 0 Å². The van der Waals surface area contributed by atoms with Crippen LogP contribution in [-0.2, 0) is 6.42 Å². The molecule has 2 N–H and O–H groups in total. The summed E-state index contributed by atoms with van der Waals surface area (Å²) in [6.45, 7) is 9.05. The minimum absolute atomic E-state index is 0.261. The van der Waals surface area contributed by atoms with Crippen LogP contribution in [0.5, 0.6) is 5.75 Å². The fourth-order valence-electron chi connectivity index (χ4n) is 1.98. The van der Waals surface area contributed by atoms with E-state index in [-0.39, 0.29) is 6.04 Å². The number of ether oxygens (including phenoxy) is 1. The first-order valence-electron chi connectivity index (χ1n) is 6.07. The molecule has 2 heteroatoms. The molecule has 90 valence electrons. The molecule has 1 unspecified atom stereocenters. The summed E-state index contributed by atoms with van der Waals surface area (Å²) in [7, 11) is 0. The molecule has 0 aliphatic rings. The molecule has 0 aromatic heterocycles. The van der Waals surface area contributed by atoms with Crippen molar-refractivity contribution in [3.63, 3.8) is 0 Å². The molecule has 1 aromatic carbocycles. The number of rotatable bonds is 5. The van der Waals surface area contributed by atoms with Crippen LogP contribution in [0.4, 0.5) is 0 Å². The molecule has 1 rings (SSSR count). The summed E-state index contributed by atoms with van der Waals surface area (Å²) in [5, 5.41) is 0. The molecular weight excluding hydrogens is 198 g/mol. The van der Waals surface area contributed by atoms with E-state index in [1.54, 1.807) is 0 Å². The van der Waals surface area contributed by atoms with Gasteiger partial charge >= 0.3 is 0 Å². The standard InChI is InChI=1S/C14H23NO/c1-5-13(15)9-12-7-10(3)14(16-6-2)11(4)8-12/h7-8,13H,5-6,9,15H2,1-4H3. The normalized spacial score (nSPS) is 12.6. The third-order valence-electron chi connectivity index (χ3n) is 2.83. The van der Waals surface area contributed by atoms with Crippen LogP contribution >= 0.6 is 0 Å². The molecule has 0 saturated carbocycles. The van der Waals surface area contributed by atoms with Gasteiger partial charge in [0.2, 0.25) is 0 Å². The second-order valence-corrected chi connectivity index (χ2v) is 4.36. The SMILES string of the molecule is CCOc1c(C)cc(CC(N)CC)cc1C. The van der Waals surface area contributed by atoms with Crippen LogP contribution in [-0.4, -0.2) is 12.6 Å². The van der Waals surface area contributed by atoms with Gasteiger partial charge in [-0.3, -0.25) is 0 Å². The summed E-state index contributed by atoms with van der Waals surface area (Å²) in [6.07, 6.45) is 1.97. The van der Waals surface area contributed by atoms with Crippen molar-refractivity contribution in [1.29, 1.82) is 0 Å². The van der Waals surface area contributed by atoms with Crippen molar-refractivity contribution in [3.05, 3.63) is 28.8 Å². The lowest BCUT2D eigenvalue weighted by molar-refractivity contribution is 0.335. The monoisotopic (exact) mass is 221 g/mol. The average Bonchev–Trinajstić information content (AvgIpc) is 2.23. The third kappa shape index (κ3) is 3.24. The van der Waals surface area contributed by atoms with Crippen LogP contribution in [0, 0.1) is 13.8 Å². The van der Waals surface area contributed by atoms with Crippen LogP contribution in [0.3, 0.4) is 0 Å². The molecule has 0 bridgehead atoms. The van der Waals surface area contributed by atoms with Gasteiger partial charge in [0.05, 0.1) is 6.61 Å². The maximum Gasteiger partial charge on any atom is 0.125 e. The molecule has 2 nitrogen and oxygen atoms in total. The molecule has 0 amide bonds. The fourth-order valence-corrected chi connectivity index (χ4v) is 1.98. The summed E-state index contributed by atoms with van der Waals surface area (Å²) < 4.78 is 5.62. The smallest absolute Gasteiger partial charge is 0.125 e. The first kappa shape index (κ1) is 13.0. The number of nitrogens with two attached hydrogens (primary N) is 1. The van der Waals surface area contributed by atoms with E-state index in [2.05, 4.69) is 32.9 Å². The van der Waals surface area contributed by atoms with Crippen molar-refractivity contribution in [1.82, 2.24) is 0 Å². The van der Waals surface area contributed by atoms with Crippen LogP contribution in [0.2, 0.25) is 0 Å². The largest absolute Gasteiger partial charge is 0.493 e. The van der Waals surface area contributed by atoms with Crippen molar-refractivity contribution in [2.24, 2.45) is 5.73 Å². The highest BCUT2D eigenvalue weighted by Gasteiger charge is 2.08. The summed E-state index contributed by atoms with van der Waals surface area (Å²) in [5.41, 5.74) is 9.70. The Morgan fingerprint density at radius 3 is 2.19 bits per heavy atom. The minimum atomic E-state index is 0.261. The summed E-state index contributed by atoms with van der Waals surface area (Å²) >= 11 is 0. The minimum Gasteiger partial charge on any atom is -0.493 e. The molecular formula is C14H23NO. The van der Waals surface area contributed by atoms with E-state index in [1.807, 2.05) is 6.92 Å². The predicted molar refractivity (Wildman–Crippen MR) is 69.1 cm³/mol. The maximum absolute atomic E-state index is 5.97. The van der Waals surface area contributed by atoms with E-state index in [9.17, 15) is 0 Å². The molecule has 0 saturated heterocycles. The van der Waals surface area contributed by atoms with Crippen molar-refractivity contribution in [2.75, 3.05) is 6.61 Å². The van der Waals surface area contributed by atoms with E-state index in [4.69, 9.17) is 10.5 Å². The van der Waals surface area contributed by atoms with Crippen molar-refractivity contribution in [3.8, 4) is 5.75 Å². The van der Waals surface area contributed by atoms with Gasteiger partial charge < -0.3 is 10.5 Å². The summed E-state index contributed by atoms with van der Waals surface area (Å²) in [5.74, 6) is 1.02. The first-order chi connectivity index (χ1) is 7.58. The van der Waals surface area contributed by atoms with Crippen LogP contribution in [0.25, 0.3) is 0 Å². The molecule has 0 spiro atoms. The number of hydrogen-bond donors (Lipinski definition) is 1. The Labute approximate surface area is 98.8 Å². The quantitative estimate of drug-likeness (QED) is 0.829. The molecule has 1 aromatic rings. The lowest BCUT2D eigenvalue weighted by Crippen LogP contribution is -2.21. The maximum atomic E-state index is 5.97. The second kappa shape index (κ2) is 5.90. The van der Waals surface area contributed by atoms with Crippen LogP contribution in [0.1, 0.15) is 37.0 Å². The highest BCUT2D eigenvalue weighted by atomic mass is 16.5. The third-order valence-corrected chi connectivity index (χ3v) is 2.83. The Kier molecular flexibility index (Phi) is 4.81. The van der Waals surface area contributed by atoms with Gasteiger partial charge in [0.1, 0.15) is 5.75 Å². The molecule has 1 atom stereocenters. The van der Waals surface area contributed by atoms with Crippen molar-refractivity contribution >= 4 is 0 Å². The van der Waals surface area contributed by atoms with Crippen LogP contribution < -0.4 is 10.5 Å². The fraction of sp³-hybridized carbons (Fsp3) is 0.571. The Morgan fingerprint density at radius 2 is 1.75 bits per heavy atom. The van der Waals surface area contributed by atoms with Crippen LogP contribution in [0.15, 0.2) is 12.1 Å². The van der Waals surface area contributed by atoms with Gasteiger partial charge in [0, 0.05) is 6.04 Å². The van der Waals surface area contributed by atoms with Gasteiger partial charge in [-0.1, -0.05) is 19.1 Å². The summed E-state index contributed by atoms with van der Waals surface area (Å²) in [4.78, 5) is 0. The van der Waals surface area contributed by atoms with Gasteiger partial charge in [-0.25, -0.2) is 0 Å². The first-order valence-corrected chi connectivity index (χ1v) is 6.07. The summed E-state index contributed by atoms with van der Waals surface area (Å²) in [6, 6.07) is 4.64. The second-order valence-electron chi connectivity index (χ2n) is 4.36. The molecule has 0 aliphatic carbocycles. The van der Waals surface area contributed by atoms with E-state index in [1.165, 1.54) is 16.7 Å². The van der Waals surface area contributed by atoms with Gasteiger partial charge in [0.15, 0.2) is 0 Å². The average molecular weight is 221 g/mol. The van der Waals surface area contributed by atoms with Crippen molar-refractivity contribution < 1.29 is 4.74 Å². The topological polar surface area (TPSA) is 35.2 Å². The lowest BCUT2D eigenvalue weighted by atomic mass is 9.99. The Morgan fingerprint density at radius 1 is 1.19 bits per heavy atom. The predicted octanol–water partition coefficient (Wildman–Crippen LogP) is 2.98. The zero-order chi connectivity index (χ0) is 12.1. The number of benzene rings is 1. The molecule has 16 heavy (non-hydrogen) atoms. The molecule has 0 radical (unpaired) electrons. The molecule has 0 aliphatic heterocycles. The zero-order valence-electron chi connectivity index (χ0n) is 10.8. The molecule has 0 fully saturated rings. The number of aryl methyl sites for hydroxylation is 2. The van der Waals surface area contributed by atoms with Gasteiger partial charge in [0.25, 0.3) is 0 Å². The van der Waals surface area contributed by atoms with E-state index < -0.39 is 0 Å². The van der Waals surface area contributed by atoms with Gasteiger partial charge in [-0.2, -0.15) is 0 Å². The lowest BCUT2D eigenvalue weighted by Gasteiger charge is -2.14. The highest BCUT2D eigenvalue weighted by molar-refractivity contribution is 5.43.